The second kappa shape index (κ2) is 10.5. The third kappa shape index (κ3) is 5.52. The Kier molecular flexibility index (Phi) is 7.48. The number of rotatable bonds is 7. The number of carboxylic acids is 1. The van der Waals surface area contributed by atoms with Gasteiger partial charge in [0, 0.05) is 36.3 Å². The zero-order chi connectivity index (χ0) is 25.1. The minimum atomic E-state index is -0.860. The molecule has 8 heteroatoms. The molecule has 3 heterocycles. The number of aromatic nitrogens is 3. The van der Waals surface area contributed by atoms with Crippen LogP contribution in [0.2, 0.25) is 0 Å². The molecule has 2 atom stereocenters. The lowest BCUT2D eigenvalue weighted by molar-refractivity contribution is -0.137. The molecule has 0 aliphatic carbocycles. The molecule has 1 aromatic carbocycles. The molecule has 1 saturated heterocycles. The topological polar surface area (TPSA) is 87.8 Å². The molecular weight excluding hydrogens is 447 g/mol. The van der Waals surface area contributed by atoms with E-state index in [9.17, 15) is 9.59 Å². The molecule has 2 aromatic heterocycles. The predicted molar refractivity (Wildman–Crippen MR) is 132 cm³/mol. The van der Waals surface area contributed by atoms with Crippen molar-refractivity contribution in [1.82, 2.24) is 19.5 Å². The van der Waals surface area contributed by atoms with E-state index in [4.69, 9.17) is 5.11 Å². The third-order valence-corrected chi connectivity index (χ3v) is 6.81. The number of nitrogens with zero attached hydrogens (tertiary/aromatic N) is 4. The zero-order valence-electron chi connectivity index (χ0n) is 20.6. The van der Waals surface area contributed by atoms with Crippen LogP contribution >= 0.6 is 0 Å². The lowest BCUT2D eigenvalue weighted by Gasteiger charge is -2.27. The van der Waals surface area contributed by atoms with Crippen molar-refractivity contribution in [1.29, 1.82) is 0 Å². The van der Waals surface area contributed by atoms with Gasteiger partial charge in [-0.25, -0.2) is 13.9 Å². The number of carbonyl (C=O) groups is 2. The highest BCUT2D eigenvalue weighted by Crippen LogP contribution is 2.26. The number of amides is 1. The molecule has 4 rings (SSSR count). The Morgan fingerprint density at radius 3 is 2.71 bits per heavy atom. The predicted octanol–water partition coefficient (Wildman–Crippen LogP) is 5.16. The van der Waals surface area contributed by atoms with Gasteiger partial charge in [0.2, 0.25) is 0 Å². The molecule has 186 valence electrons. The Morgan fingerprint density at radius 2 is 2.00 bits per heavy atom. The molecule has 1 aliphatic rings. The number of fused-ring (bicyclic) bond motifs is 1. The Bertz CT molecular complexity index is 1240. The van der Waals surface area contributed by atoms with Gasteiger partial charge in [0.15, 0.2) is 5.65 Å². The first-order chi connectivity index (χ1) is 16.8. The molecular formula is C27H33FN4O3. The lowest BCUT2D eigenvalue weighted by atomic mass is 9.97. The highest BCUT2D eigenvalue weighted by Gasteiger charge is 2.25. The van der Waals surface area contributed by atoms with Crippen LogP contribution < -0.4 is 0 Å². The molecule has 1 unspecified atom stereocenters. The number of aliphatic carboxylic acids is 1. The summed E-state index contributed by atoms with van der Waals surface area (Å²) in [5, 5.41) is 13.6. The van der Waals surface area contributed by atoms with E-state index in [-0.39, 0.29) is 24.3 Å². The molecule has 3 aromatic rings. The van der Waals surface area contributed by atoms with Gasteiger partial charge >= 0.3 is 5.97 Å². The highest BCUT2D eigenvalue weighted by molar-refractivity contribution is 5.93. The number of halogens is 1. The summed E-state index contributed by atoms with van der Waals surface area (Å²) >= 11 is 0. The Labute approximate surface area is 205 Å². The fourth-order valence-electron chi connectivity index (χ4n) is 4.92. The van der Waals surface area contributed by atoms with Crippen molar-refractivity contribution in [3.05, 3.63) is 53.1 Å². The summed E-state index contributed by atoms with van der Waals surface area (Å²) in [6, 6.07) is 8.63. The van der Waals surface area contributed by atoms with Crippen molar-refractivity contribution in [2.24, 2.45) is 5.92 Å². The van der Waals surface area contributed by atoms with Crippen molar-refractivity contribution in [3.63, 3.8) is 0 Å². The van der Waals surface area contributed by atoms with Gasteiger partial charge in [-0.3, -0.25) is 9.59 Å². The van der Waals surface area contributed by atoms with Gasteiger partial charge in [0.25, 0.3) is 5.91 Å². The Morgan fingerprint density at radius 1 is 1.20 bits per heavy atom. The quantitative estimate of drug-likeness (QED) is 0.505. The summed E-state index contributed by atoms with van der Waals surface area (Å²) in [5.41, 5.74) is 3.30. The van der Waals surface area contributed by atoms with Crippen LogP contribution in [-0.2, 0) is 17.6 Å². The van der Waals surface area contributed by atoms with Crippen molar-refractivity contribution in [2.45, 2.75) is 71.8 Å². The minimum absolute atomic E-state index is 0.0402. The molecule has 0 spiro atoms. The van der Waals surface area contributed by atoms with Crippen LogP contribution in [0.3, 0.4) is 0 Å². The van der Waals surface area contributed by atoms with E-state index in [1.807, 2.05) is 24.8 Å². The Balaban J connectivity index is 1.64. The van der Waals surface area contributed by atoms with E-state index in [1.165, 1.54) is 6.07 Å². The van der Waals surface area contributed by atoms with Gasteiger partial charge in [-0.2, -0.15) is 5.10 Å². The van der Waals surface area contributed by atoms with E-state index >= 15 is 4.39 Å². The Hall–Kier alpha value is -3.29. The van der Waals surface area contributed by atoms with Crippen LogP contribution in [0.4, 0.5) is 4.39 Å². The first kappa shape index (κ1) is 24.8. The number of carbonyl (C=O) groups excluding carboxylic acids is 1. The second-order valence-corrected chi connectivity index (χ2v) is 9.70. The maximum atomic E-state index is 15.0. The van der Waals surface area contributed by atoms with Gasteiger partial charge in [-0.05, 0) is 62.3 Å². The van der Waals surface area contributed by atoms with Crippen molar-refractivity contribution >= 4 is 17.5 Å². The van der Waals surface area contributed by atoms with Gasteiger partial charge in [0.05, 0.1) is 5.69 Å². The van der Waals surface area contributed by atoms with Gasteiger partial charge < -0.3 is 10.0 Å². The fraction of sp³-hybridized carbons (Fsp3) is 0.481. The smallest absolute Gasteiger partial charge is 0.303 e. The molecule has 7 nitrogen and oxygen atoms in total. The van der Waals surface area contributed by atoms with Crippen LogP contribution in [0.25, 0.3) is 16.9 Å². The lowest BCUT2D eigenvalue weighted by Crippen LogP contribution is -2.38. The largest absolute Gasteiger partial charge is 0.481 e. The number of benzene rings is 1. The molecule has 35 heavy (non-hydrogen) atoms. The maximum absolute atomic E-state index is 15.0. The molecule has 0 bridgehead atoms. The summed E-state index contributed by atoms with van der Waals surface area (Å²) in [6.45, 7) is 6.66. The molecule has 0 saturated carbocycles. The van der Waals surface area contributed by atoms with E-state index in [2.05, 4.69) is 17.0 Å². The number of aryl methyl sites for hydroxylation is 1. The summed E-state index contributed by atoms with van der Waals surface area (Å²) in [5.74, 6) is -1.43. The van der Waals surface area contributed by atoms with Crippen molar-refractivity contribution in [2.75, 3.05) is 6.54 Å². The van der Waals surface area contributed by atoms with Crippen LogP contribution in [-0.4, -0.2) is 49.1 Å². The van der Waals surface area contributed by atoms with Crippen LogP contribution in [0.1, 0.15) is 74.6 Å². The first-order valence-corrected chi connectivity index (χ1v) is 12.5. The van der Waals surface area contributed by atoms with Crippen molar-refractivity contribution < 1.29 is 19.1 Å². The van der Waals surface area contributed by atoms with Crippen LogP contribution in [0.5, 0.6) is 0 Å². The van der Waals surface area contributed by atoms with E-state index < -0.39 is 11.8 Å². The van der Waals surface area contributed by atoms with E-state index in [0.29, 0.717) is 35.4 Å². The fourth-order valence-corrected chi connectivity index (χ4v) is 4.92. The van der Waals surface area contributed by atoms with Gasteiger partial charge in [-0.1, -0.05) is 32.8 Å². The van der Waals surface area contributed by atoms with Gasteiger partial charge in [0.1, 0.15) is 11.5 Å². The summed E-state index contributed by atoms with van der Waals surface area (Å²) in [4.78, 5) is 30.8. The summed E-state index contributed by atoms with van der Waals surface area (Å²) in [6.07, 6.45) is 5.44. The average Bonchev–Trinajstić information content (AvgIpc) is 3.11. The monoisotopic (exact) mass is 480 g/mol. The highest BCUT2D eigenvalue weighted by atomic mass is 19.1. The van der Waals surface area contributed by atoms with E-state index in [0.717, 1.165) is 43.5 Å². The maximum Gasteiger partial charge on any atom is 0.303 e. The first-order valence-electron chi connectivity index (χ1n) is 12.5. The number of carboxylic acid groups (broad SMARTS) is 1. The van der Waals surface area contributed by atoms with E-state index in [1.54, 1.807) is 22.7 Å². The van der Waals surface area contributed by atoms with Gasteiger partial charge in [-0.15, -0.1) is 0 Å². The SMILES string of the molecule is CCc1cc(C(=O)N2CCCCC[C@H]2C)nc2cc(-c3ccc(CC(C)CC(=O)O)cc3F)nn12. The number of hydrogen-bond donors (Lipinski definition) is 1. The number of hydrogen-bond acceptors (Lipinski definition) is 4. The summed E-state index contributed by atoms with van der Waals surface area (Å²) in [7, 11) is 0. The molecule has 0 radical (unpaired) electrons. The van der Waals surface area contributed by atoms with Crippen molar-refractivity contribution in [3.8, 4) is 11.3 Å². The third-order valence-electron chi connectivity index (χ3n) is 6.81. The molecule has 1 fully saturated rings. The standard InChI is InChI=1S/C27H33FN4O3/c1-4-20-15-24(27(35)31-11-7-5-6-8-18(31)3)29-25-16-23(30-32(20)25)21-10-9-19(14-22(21)28)12-17(2)13-26(33)34/h9-10,14-18H,4-8,11-13H2,1-3H3,(H,33,34)/t17?,18-/m1/s1. The second-order valence-electron chi connectivity index (χ2n) is 9.70. The molecule has 1 N–H and O–H groups in total. The average molecular weight is 481 g/mol. The normalized spacial score (nSPS) is 17.4. The zero-order valence-corrected chi connectivity index (χ0v) is 20.6. The molecule has 1 amide bonds. The van der Waals surface area contributed by atoms with Crippen LogP contribution in [0, 0.1) is 11.7 Å². The minimum Gasteiger partial charge on any atom is -0.481 e. The molecule has 1 aliphatic heterocycles. The number of likely N-dealkylation sites (tertiary alicyclic amines) is 1. The summed E-state index contributed by atoms with van der Waals surface area (Å²) < 4.78 is 16.7. The van der Waals surface area contributed by atoms with Crippen LogP contribution in [0.15, 0.2) is 30.3 Å².